The van der Waals surface area contributed by atoms with E-state index in [4.69, 9.17) is 5.11 Å². The maximum Gasteiger partial charge on any atom is 0.323 e. The molecule has 0 amide bonds. The molecule has 3 nitrogen and oxygen atoms in total. The largest absolute Gasteiger partial charge is 0.480 e. The Bertz CT molecular complexity index is 413. The molecule has 0 aliphatic carbocycles. The molecule has 0 saturated carbocycles. The van der Waals surface area contributed by atoms with E-state index in [1.54, 1.807) is 6.92 Å². The number of rotatable bonds is 3. The van der Waals surface area contributed by atoms with E-state index < -0.39 is 11.5 Å². The van der Waals surface area contributed by atoms with Crippen LogP contribution in [0.4, 0.5) is 0 Å². The van der Waals surface area contributed by atoms with E-state index in [-0.39, 0.29) is 0 Å². The van der Waals surface area contributed by atoms with Crippen LogP contribution >= 0.6 is 0 Å². The fraction of sp³-hybridized carbons (Fsp3) is 0.500. The van der Waals surface area contributed by atoms with Crippen LogP contribution in [0.1, 0.15) is 24.5 Å². The molecule has 3 heteroatoms. The fourth-order valence-electron chi connectivity index (χ4n) is 2.46. The Balaban J connectivity index is 1.98. The number of carboxylic acids is 1. The molecular weight excluding hydrogens is 214 g/mol. The molecule has 1 aromatic carbocycles. The van der Waals surface area contributed by atoms with Crippen LogP contribution in [0.5, 0.6) is 0 Å². The first-order valence-electron chi connectivity index (χ1n) is 6.03. The van der Waals surface area contributed by atoms with Crippen LogP contribution in [-0.2, 0) is 11.2 Å². The summed E-state index contributed by atoms with van der Waals surface area (Å²) in [7, 11) is 0. The minimum Gasteiger partial charge on any atom is -0.480 e. The lowest BCUT2D eigenvalue weighted by Crippen LogP contribution is -2.44. The summed E-state index contributed by atoms with van der Waals surface area (Å²) in [6.45, 7) is 4.63. The van der Waals surface area contributed by atoms with Crippen LogP contribution in [0.3, 0.4) is 0 Å². The van der Waals surface area contributed by atoms with E-state index in [1.165, 1.54) is 11.1 Å². The zero-order valence-electron chi connectivity index (χ0n) is 10.4. The number of nitrogens with one attached hydrogen (secondary N) is 1. The molecule has 17 heavy (non-hydrogen) atoms. The third-order valence-electron chi connectivity index (χ3n) is 3.59. The molecule has 1 aliphatic heterocycles. The molecule has 0 radical (unpaired) electrons. The average Bonchev–Trinajstić information content (AvgIpc) is 2.65. The lowest BCUT2D eigenvalue weighted by Gasteiger charge is -2.18. The second-order valence-corrected chi connectivity index (χ2v) is 5.28. The first-order valence-corrected chi connectivity index (χ1v) is 6.03. The summed E-state index contributed by atoms with van der Waals surface area (Å²) < 4.78 is 0. The van der Waals surface area contributed by atoms with Crippen molar-refractivity contribution in [2.45, 2.75) is 32.2 Å². The number of aryl methyl sites for hydroxylation is 1. The molecule has 0 bridgehead atoms. The fourth-order valence-corrected chi connectivity index (χ4v) is 2.46. The zero-order valence-corrected chi connectivity index (χ0v) is 10.4. The number of hydrogen-bond donors (Lipinski definition) is 2. The molecule has 1 aromatic rings. The summed E-state index contributed by atoms with van der Waals surface area (Å²) in [5.74, 6) is -0.331. The summed E-state index contributed by atoms with van der Waals surface area (Å²) in [5, 5.41) is 12.2. The molecule has 0 aromatic heterocycles. The molecule has 1 heterocycles. The van der Waals surface area contributed by atoms with Crippen molar-refractivity contribution in [2.75, 3.05) is 6.54 Å². The molecule has 0 spiro atoms. The average molecular weight is 233 g/mol. The number of aliphatic carboxylic acids is 1. The summed E-state index contributed by atoms with van der Waals surface area (Å²) >= 11 is 0. The van der Waals surface area contributed by atoms with Gasteiger partial charge >= 0.3 is 5.97 Å². The van der Waals surface area contributed by atoms with Gasteiger partial charge in [0.05, 0.1) is 0 Å². The second-order valence-electron chi connectivity index (χ2n) is 5.28. The first kappa shape index (κ1) is 12.1. The van der Waals surface area contributed by atoms with Gasteiger partial charge in [-0.2, -0.15) is 0 Å². The topological polar surface area (TPSA) is 49.3 Å². The molecule has 2 rings (SSSR count). The first-order chi connectivity index (χ1) is 7.99. The predicted molar refractivity (Wildman–Crippen MR) is 67.0 cm³/mol. The van der Waals surface area contributed by atoms with Crippen molar-refractivity contribution in [3.8, 4) is 0 Å². The van der Waals surface area contributed by atoms with E-state index in [2.05, 4.69) is 36.5 Å². The molecule has 2 atom stereocenters. The van der Waals surface area contributed by atoms with E-state index in [1.807, 2.05) is 0 Å². The maximum atomic E-state index is 11.1. The highest BCUT2D eigenvalue weighted by atomic mass is 16.4. The van der Waals surface area contributed by atoms with Gasteiger partial charge in [0.2, 0.25) is 0 Å². The SMILES string of the molecule is Cc1ccc(CC2CNC(C)(C(=O)O)C2)cc1. The highest BCUT2D eigenvalue weighted by Gasteiger charge is 2.40. The van der Waals surface area contributed by atoms with Crippen molar-refractivity contribution in [3.05, 3.63) is 35.4 Å². The number of benzene rings is 1. The van der Waals surface area contributed by atoms with Gasteiger partial charge in [-0.15, -0.1) is 0 Å². The van der Waals surface area contributed by atoms with Crippen molar-refractivity contribution in [2.24, 2.45) is 5.92 Å². The van der Waals surface area contributed by atoms with E-state index in [9.17, 15) is 4.79 Å². The third-order valence-corrected chi connectivity index (χ3v) is 3.59. The van der Waals surface area contributed by atoms with Crippen LogP contribution < -0.4 is 5.32 Å². The van der Waals surface area contributed by atoms with Gasteiger partial charge in [-0.25, -0.2) is 0 Å². The van der Waals surface area contributed by atoms with Crippen molar-refractivity contribution >= 4 is 5.97 Å². The Kier molecular flexibility index (Phi) is 3.20. The van der Waals surface area contributed by atoms with E-state index in [0.29, 0.717) is 12.3 Å². The highest BCUT2D eigenvalue weighted by molar-refractivity contribution is 5.78. The smallest absolute Gasteiger partial charge is 0.323 e. The molecule has 1 fully saturated rings. The molecule has 92 valence electrons. The molecule has 1 saturated heterocycles. The Labute approximate surface area is 102 Å². The van der Waals surface area contributed by atoms with Crippen molar-refractivity contribution in [1.82, 2.24) is 5.32 Å². The Hall–Kier alpha value is -1.35. The summed E-state index contributed by atoms with van der Waals surface area (Å²) in [4.78, 5) is 11.1. The van der Waals surface area contributed by atoms with Gasteiger partial charge < -0.3 is 10.4 Å². The summed E-state index contributed by atoms with van der Waals surface area (Å²) in [6.07, 6.45) is 1.66. The van der Waals surface area contributed by atoms with Gasteiger partial charge in [0, 0.05) is 0 Å². The van der Waals surface area contributed by atoms with Crippen molar-refractivity contribution in [3.63, 3.8) is 0 Å². The molecule has 2 N–H and O–H groups in total. The van der Waals surface area contributed by atoms with Crippen LogP contribution in [0.2, 0.25) is 0 Å². The number of carboxylic acid groups (broad SMARTS) is 1. The Morgan fingerprint density at radius 2 is 2.12 bits per heavy atom. The van der Waals surface area contributed by atoms with Crippen molar-refractivity contribution < 1.29 is 9.90 Å². The standard InChI is InChI=1S/C14H19NO2/c1-10-3-5-11(6-4-10)7-12-8-14(2,13(16)17)15-9-12/h3-6,12,15H,7-9H2,1-2H3,(H,16,17). The van der Waals surface area contributed by atoms with Crippen LogP contribution in [0, 0.1) is 12.8 Å². The van der Waals surface area contributed by atoms with Gasteiger partial charge in [-0.3, -0.25) is 4.79 Å². The lowest BCUT2D eigenvalue weighted by molar-refractivity contribution is -0.143. The molecule has 1 aliphatic rings. The van der Waals surface area contributed by atoms with Crippen LogP contribution in [-0.4, -0.2) is 23.2 Å². The quantitative estimate of drug-likeness (QED) is 0.839. The zero-order chi connectivity index (χ0) is 12.5. The maximum absolute atomic E-state index is 11.1. The second kappa shape index (κ2) is 4.49. The van der Waals surface area contributed by atoms with Gasteiger partial charge in [-0.1, -0.05) is 29.8 Å². The Morgan fingerprint density at radius 3 is 2.65 bits per heavy atom. The van der Waals surface area contributed by atoms with Gasteiger partial charge in [0.25, 0.3) is 0 Å². The normalized spacial score (nSPS) is 28.2. The third kappa shape index (κ3) is 2.67. The summed E-state index contributed by atoms with van der Waals surface area (Å²) in [5.41, 5.74) is 1.81. The minimum absolute atomic E-state index is 0.416. The van der Waals surface area contributed by atoms with E-state index >= 15 is 0 Å². The van der Waals surface area contributed by atoms with Gasteiger partial charge in [0.1, 0.15) is 5.54 Å². The van der Waals surface area contributed by atoms with Gasteiger partial charge in [0.15, 0.2) is 0 Å². The number of hydrogen-bond acceptors (Lipinski definition) is 2. The Morgan fingerprint density at radius 1 is 1.47 bits per heavy atom. The molecular formula is C14H19NO2. The van der Waals surface area contributed by atoms with E-state index in [0.717, 1.165) is 13.0 Å². The van der Waals surface area contributed by atoms with Crippen LogP contribution in [0.25, 0.3) is 0 Å². The highest BCUT2D eigenvalue weighted by Crippen LogP contribution is 2.27. The summed E-state index contributed by atoms with van der Waals surface area (Å²) in [6, 6.07) is 8.47. The minimum atomic E-state index is -0.746. The molecule has 2 unspecified atom stereocenters. The predicted octanol–water partition coefficient (Wildman–Crippen LogP) is 1.99. The number of carbonyl (C=O) groups is 1. The monoisotopic (exact) mass is 233 g/mol. The van der Waals surface area contributed by atoms with Gasteiger partial charge in [-0.05, 0) is 44.7 Å². The lowest BCUT2D eigenvalue weighted by atomic mass is 9.90. The van der Waals surface area contributed by atoms with Crippen LogP contribution in [0.15, 0.2) is 24.3 Å². The van der Waals surface area contributed by atoms with Crippen molar-refractivity contribution in [1.29, 1.82) is 0 Å².